The lowest BCUT2D eigenvalue weighted by Crippen LogP contribution is -2.00. The molecule has 0 radical (unpaired) electrons. The number of rotatable bonds is 5. The molecule has 0 atom stereocenters. The van der Waals surface area contributed by atoms with Crippen LogP contribution in [0.25, 0.3) is 0 Å². The molecule has 0 aliphatic heterocycles. The van der Waals surface area contributed by atoms with E-state index < -0.39 is 10.5 Å². The first-order chi connectivity index (χ1) is 7.54. The maximum atomic E-state index is 11.0. The Bertz CT molecular complexity index is 383. The predicted octanol–water partition coefficient (Wildman–Crippen LogP) is 3.23. The Hall–Kier alpha value is -1.06. The van der Waals surface area contributed by atoms with E-state index in [2.05, 4.69) is 0 Å². The third kappa shape index (κ3) is 3.51. The molecule has 86 valence electrons. The largest absolute Gasteiger partial charge is 0.494 e. The van der Waals surface area contributed by atoms with E-state index in [1.165, 1.54) is 18.2 Å². The molecule has 0 heterocycles. The van der Waals surface area contributed by atoms with Crippen molar-refractivity contribution in [2.75, 3.05) is 6.61 Å². The minimum atomic E-state index is -0.652. The van der Waals surface area contributed by atoms with Crippen LogP contribution in [0.5, 0.6) is 5.75 Å². The topological polar surface area (TPSA) is 43.4 Å². The standard InChI is InChI=1S/C11H10Cl2O3/c1-2-3-16-9-5-7(10(12)14)4-8(6-9)11(13)15/h4-6H,2-3H2,1H3. The van der Waals surface area contributed by atoms with Crippen LogP contribution in [0.3, 0.4) is 0 Å². The molecule has 0 aliphatic rings. The van der Waals surface area contributed by atoms with E-state index in [1.807, 2.05) is 6.92 Å². The lowest BCUT2D eigenvalue weighted by Gasteiger charge is -2.07. The van der Waals surface area contributed by atoms with Gasteiger partial charge >= 0.3 is 0 Å². The number of hydrogen-bond donors (Lipinski definition) is 0. The Balaban J connectivity index is 3.08. The van der Waals surface area contributed by atoms with Gasteiger partial charge in [-0.05, 0) is 47.8 Å². The second-order valence-electron chi connectivity index (χ2n) is 3.14. The summed E-state index contributed by atoms with van der Waals surface area (Å²) in [6, 6.07) is 4.30. The molecular weight excluding hydrogens is 251 g/mol. The van der Waals surface area contributed by atoms with Gasteiger partial charge in [-0.2, -0.15) is 0 Å². The van der Waals surface area contributed by atoms with Crippen molar-refractivity contribution in [2.24, 2.45) is 0 Å². The molecular formula is C11H10Cl2O3. The third-order valence-corrected chi connectivity index (χ3v) is 2.27. The van der Waals surface area contributed by atoms with E-state index in [1.54, 1.807) is 0 Å². The van der Waals surface area contributed by atoms with Gasteiger partial charge in [-0.25, -0.2) is 0 Å². The van der Waals surface area contributed by atoms with Crippen molar-refractivity contribution in [1.29, 1.82) is 0 Å². The maximum absolute atomic E-state index is 11.0. The number of ether oxygens (including phenoxy) is 1. The molecule has 0 saturated carbocycles. The molecule has 3 nitrogen and oxygen atoms in total. The first kappa shape index (κ1) is 13.0. The fourth-order valence-electron chi connectivity index (χ4n) is 1.13. The van der Waals surface area contributed by atoms with Gasteiger partial charge in [0.25, 0.3) is 10.5 Å². The number of hydrogen-bond acceptors (Lipinski definition) is 3. The molecule has 0 amide bonds. The molecule has 0 N–H and O–H groups in total. The third-order valence-electron chi connectivity index (χ3n) is 1.83. The highest BCUT2D eigenvalue weighted by Gasteiger charge is 2.10. The molecule has 1 aromatic rings. The van der Waals surface area contributed by atoms with Crippen LogP contribution in [0.4, 0.5) is 0 Å². The molecule has 1 rings (SSSR count). The molecule has 0 aliphatic carbocycles. The fourth-order valence-corrected chi connectivity index (χ4v) is 1.35. The van der Waals surface area contributed by atoms with Crippen LogP contribution in [-0.2, 0) is 0 Å². The fraction of sp³-hybridized carbons (Fsp3) is 0.273. The van der Waals surface area contributed by atoms with Gasteiger partial charge in [0.05, 0.1) is 6.61 Å². The Morgan fingerprint density at radius 1 is 1.12 bits per heavy atom. The van der Waals surface area contributed by atoms with Gasteiger partial charge in [-0.15, -0.1) is 0 Å². The van der Waals surface area contributed by atoms with Crippen molar-refractivity contribution >= 4 is 33.7 Å². The molecule has 16 heavy (non-hydrogen) atoms. The Morgan fingerprint density at radius 2 is 1.62 bits per heavy atom. The summed E-state index contributed by atoms with van der Waals surface area (Å²) in [5.41, 5.74) is 0.388. The van der Waals surface area contributed by atoms with E-state index in [4.69, 9.17) is 27.9 Å². The zero-order valence-electron chi connectivity index (χ0n) is 8.63. The SMILES string of the molecule is CCCOc1cc(C(=O)Cl)cc(C(=O)Cl)c1. The van der Waals surface area contributed by atoms with Crippen LogP contribution in [0.15, 0.2) is 18.2 Å². The zero-order valence-corrected chi connectivity index (χ0v) is 10.1. The Morgan fingerprint density at radius 3 is 2.00 bits per heavy atom. The highest BCUT2D eigenvalue weighted by molar-refractivity contribution is 6.69. The zero-order chi connectivity index (χ0) is 12.1. The van der Waals surface area contributed by atoms with Gasteiger partial charge in [0.15, 0.2) is 0 Å². The summed E-state index contributed by atoms with van der Waals surface area (Å²) < 4.78 is 5.32. The first-order valence-corrected chi connectivity index (χ1v) is 5.47. The molecule has 1 aromatic carbocycles. The maximum Gasteiger partial charge on any atom is 0.252 e. The van der Waals surface area contributed by atoms with Gasteiger partial charge < -0.3 is 4.74 Å². The van der Waals surface area contributed by atoms with Crippen molar-refractivity contribution in [3.05, 3.63) is 29.3 Å². The summed E-state index contributed by atoms with van der Waals surface area (Å²) in [4.78, 5) is 22.0. The molecule has 0 aromatic heterocycles. The van der Waals surface area contributed by atoms with Crippen LogP contribution in [0.2, 0.25) is 0 Å². The predicted molar refractivity (Wildman–Crippen MR) is 62.6 cm³/mol. The van der Waals surface area contributed by atoms with E-state index in [0.29, 0.717) is 12.4 Å². The quantitative estimate of drug-likeness (QED) is 0.764. The van der Waals surface area contributed by atoms with Gasteiger partial charge in [0.2, 0.25) is 0 Å². The normalized spacial score (nSPS) is 9.94. The van der Waals surface area contributed by atoms with E-state index >= 15 is 0 Å². The lowest BCUT2D eigenvalue weighted by atomic mass is 10.1. The van der Waals surface area contributed by atoms with Crippen LogP contribution in [0, 0.1) is 0 Å². The highest BCUT2D eigenvalue weighted by Crippen LogP contribution is 2.20. The van der Waals surface area contributed by atoms with Gasteiger partial charge in [0, 0.05) is 11.1 Å². The lowest BCUT2D eigenvalue weighted by molar-refractivity contribution is 0.108. The second kappa shape index (κ2) is 5.87. The van der Waals surface area contributed by atoms with E-state index in [9.17, 15) is 9.59 Å². The molecule has 0 bridgehead atoms. The number of carbonyl (C=O) groups is 2. The van der Waals surface area contributed by atoms with Gasteiger partial charge in [-0.1, -0.05) is 6.92 Å². The molecule has 0 saturated heterocycles. The van der Waals surface area contributed by atoms with Crippen LogP contribution >= 0.6 is 23.2 Å². The smallest absolute Gasteiger partial charge is 0.252 e. The Kier molecular flexibility index (Phi) is 4.77. The van der Waals surface area contributed by atoms with Gasteiger partial charge in [0.1, 0.15) is 5.75 Å². The van der Waals surface area contributed by atoms with Crippen LogP contribution in [-0.4, -0.2) is 17.1 Å². The van der Waals surface area contributed by atoms with E-state index in [0.717, 1.165) is 6.42 Å². The number of halogens is 2. The summed E-state index contributed by atoms with van der Waals surface area (Å²) in [5, 5.41) is -1.30. The molecule has 5 heteroatoms. The Labute approximate surface area is 103 Å². The van der Waals surface area contributed by atoms with Crippen molar-refractivity contribution < 1.29 is 14.3 Å². The number of carbonyl (C=O) groups excluding carboxylic acids is 2. The average molecular weight is 261 g/mol. The molecule has 0 unspecified atom stereocenters. The second-order valence-corrected chi connectivity index (χ2v) is 3.83. The first-order valence-electron chi connectivity index (χ1n) is 4.72. The summed E-state index contributed by atoms with van der Waals surface area (Å²) in [7, 11) is 0. The minimum Gasteiger partial charge on any atom is -0.494 e. The van der Waals surface area contributed by atoms with E-state index in [-0.39, 0.29) is 11.1 Å². The van der Waals surface area contributed by atoms with Crippen LogP contribution in [0.1, 0.15) is 34.1 Å². The number of benzene rings is 1. The van der Waals surface area contributed by atoms with Crippen molar-refractivity contribution in [3.63, 3.8) is 0 Å². The summed E-state index contributed by atoms with van der Waals surface area (Å²) >= 11 is 10.7. The molecule has 0 spiro atoms. The minimum absolute atomic E-state index is 0.194. The highest BCUT2D eigenvalue weighted by atomic mass is 35.5. The van der Waals surface area contributed by atoms with Gasteiger partial charge in [-0.3, -0.25) is 9.59 Å². The molecule has 0 fully saturated rings. The summed E-state index contributed by atoms with van der Waals surface area (Å²) in [5.74, 6) is 0.414. The van der Waals surface area contributed by atoms with Crippen LogP contribution < -0.4 is 4.74 Å². The summed E-state index contributed by atoms with van der Waals surface area (Å²) in [6.45, 7) is 2.44. The van der Waals surface area contributed by atoms with Crippen molar-refractivity contribution in [3.8, 4) is 5.75 Å². The average Bonchev–Trinajstić information content (AvgIpc) is 2.25. The van der Waals surface area contributed by atoms with Crippen molar-refractivity contribution in [2.45, 2.75) is 13.3 Å². The monoisotopic (exact) mass is 260 g/mol. The summed E-state index contributed by atoms with van der Waals surface area (Å²) in [6.07, 6.45) is 0.823. The van der Waals surface area contributed by atoms with Crippen molar-refractivity contribution in [1.82, 2.24) is 0 Å².